The third-order valence-electron chi connectivity index (χ3n) is 4.81. The Balaban J connectivity index is 1.55. The molecule has 0 radical (unpaired) electrons. The van der Waals surface area contributed by atoms with Crippen molar-refractivity contribution in [1.29, 1.82) is 0 Å². The summed E-state index contributed by atoms with van der Waals surface area (Å²) >= 11 is 1.34. The largest absolute Gasteiger partial charge is 0.488 e. The second kappa shape index (κ2) is 11.1. The van der Waals surface area contributed by atoms with E-state index in [1.165, 1.54) is 11.3 Å². The molecule has 2 aromatic heterocycles. The zero-order valence-electron chi connectivity index (χ0n) is 19.8. The summed E-state index contributed by atoms with van der Waals surface area (Å²) in [5, 5.41) is 13.3. The summed E-state index contributed by atoms with van der Waals surface area (Å²) in [6.07, 6.45) is 1.41. The summed E-state index contributed by atoms with van der Waals surface area (Å²) in [5.74, 6) is 2.38. The van der Waals surface area contributed by atoms with E-state index >= 15 is 0 Å². The van der Waals surface area contributed by atoms with Gasteiger partial charge in [-0.25, -0.2) is 4.98 Å². The Hall–Kier alpha value is -3.76. The number of benzene rings is 2. The zero-order valence-corrected chi connectivity index (χ0v) is 20.7. The number of amides is 1. The molecule has 0 spiro atoms. The predicted octanol–water partition coefficient (Wildman–Crippen LogP) is 5.77. The van der Waals surface area contributed by atoms with E-state index in [0.29, 0.717) is 46.3 Å². The van der Waals surface area contributed by atoms with Gasteiger partial charge in [-0.1, -0.05) is 13.8 Å². The number of nitrogens with one attached hydrogen (secondary N) is 1. The minimum absolute atomic E-state index is 0.155. The normalized spacial score (nSPS) is 11.9. The van der Waals surface area contributed by atoms with Crippen LogP contribution in [0.5, 0.6) is 17.2 Å². The Labute approximate surface area is 207 Å². The number of hydrogen-bond donors (Lipinski definition) is 1. The van der Waals surface area contributed by atoms with Crippen molar-refractivity contribution in [1.82, 2.24) is 15.2 Å². The molecule has 0 fully saturated rings. The summed E-state index contributed by atoms with van der Waals surface area (Å²) < 4.78 is 22.8. The molecule has 182 valence electrons. The maximum absolute atomic E-state index is 12.8. The lowest BCUT2D eigenvalue weighted by molar-refractivity contribution is 0.0916. The fraction of sp³-hybridized carbons (Fsp3) is 0.280. The molecular weight excluding hydrogens is 468 g/mol. The second-order valence-corrected chi connectivity index (χ2v) is 8.99. The Morgan fingerprint density at radius 2 is 1.83 bits per heavy atom. The molecule has 0 saturated heterocycles. The molecule has 1 N–H and O–H groups in total. The van der Waals surface area contributed by atoms with Gasteiger partial charge in [-0.3, -0.25) is 10.1 Å². The van der Waals surface area contributed by atoms with Gasteiger partial charge in [0.25, 0.3) is 5.91 Å². The van der Waals surface area contributed by atoms with Gasteiger partial charge in [-0.15, -0.1) is 21.5 Å². The van der Waals surface area contributed by atoms with Crippen LogP contribution >= 0.6 is 11.3 Å². The summed E-state index contributed by atoms with van der Waals surface area (Å²) in [4.78, 5) is 16.9. The molecule has 0 aliphatic rings. The van der Waals surface area contributed by atoms with E-state index in [1.807, 2.05) is 32.9 Å². The van der Waals surface area contributed by atoms with Crippen molar-refractivity contribution < 1.29 is 23.4 Å². The molecule has 0 aliphatic heterocycles. The van der Waals surface area contributed by atoms with Crippen LogP contribution in [0, 0.1) is 0 Å². The van der Waals surface area contributed by atoms with Crippen molar-refractivity contribution in [2.24, 2.45) is 0 Å². The van der Waals surface area contributed by atoms with Crippen LogP contribution < -0.4 is 14.8 Å². The molecule has 4 aromatic rings. The fourth-order valence-corrected chi connectivity index (χ4v) is 3.70. The van der Waals surface area contributed by atoms with Gasteiger partial charge < -0.3 is 18.6 Å². The van der Waals surface area contributed by atoms with Crippen molar-refractivity contribution in [3.63, 3.8) is 0 Å². The average Bonchev–Trinajstić information content (AvgIpc) is 3.52. The highest BCUT2D eigenvalue weighted by Crippen LogP contribution is 2.30. The van der Waals surface area contributed by atoms with Crippen LogP contribution in [-0.4, -0.2) is 40.9 Å². The van der Waals surface area contributed by atoms with E-state index in [1.54, 1.807) is 49.0 Å². The van der Waals surface area contributed by atoms with E-state index in [2.05, 4.69) is 20.5 Å². The predicted molar refractivity (Wildman–Crippen MR) is 132 cm³/mol. The first-order valence-electron chi connectivity index (χ1n) is 11.0. The van der Waals surface area contributed by atoms with Crippen molar-refractivity contribution >= 4 is 22.4 Å². The molecule has 0 bridgehead atoms. The number of aromatic nitrogens is 3. The summed E-state index contributed by atoms with van der Waals surface area (Å²) in [5.41, 5.74) is 1.16. The standard InChI is InChI=1S/C25H26N4O5S/c1-15(2)23-28-29-24(34-23)17-5-7-19(8-6-17)33-21-12-18(22(30)27-25-26-9-10-35-25)11-20(13-21)32-16(3)14-31-4/h5-13,15-16H,14H2,1-4H3,(H,26,27,30)/t16-/m0/s1. The van der Waals surface area contributed by atoms with Crippen molar-refractivity contribution in [3.05, 3.63) is 65.5 Å². The van der Waals surface area contributed by atoms with Crippen molar-refractivity contribution in [3.8, 4) is 28.7 Å². The van der Waals surface area contributed by atoms with Crippen LogP contribution in [0.25, 0.3) is 11.5 Å². The monoisotopic (exact) mass is 494 g/mol. The Kier molecular flexibility index (Phi) is 7.74. The molecular formula is C25H26N4O5S. The maximum atomic E-state index is 12.8. The minimum Gasteiger partial charge on any atom is -0.488 e. The Bertz CT molecular complexity index is 1260. The fourth-order valence-electron chi connectivity index (χ4n) is 3.17. The number of anilines is 1. The first kappa shape index (κ1) is 24.4. The molecule has 2 heterocycles. The Morgan fingerprint density at radius 1 is 1.06 bits per heavy atom. The van der Waals surface area contributed by atoms with Crippen LogP contribution in [0.1, 0.15) is 42.9 Å². The van der Waals surface area contributed by atoms with Gasteiger partial charge >= 0.3 is 0 Å². The number of carbonyl (C=O) groups is 1. The van der Waals surface area contributed by atoms with Crippen LogP contribution in [0.15, 0.2) is 58.5 Å². The zero-order chi connectivity index (χ0) is 24.8. The van der Waals surface area contributed by atoms with Gasteiger partial charge in [0.15, 0.2) is 5.13 Å². The molecule has 1 atom stereocenters. The molecule has 0 aliphatic carbocycles. The third kappa shape index (κ3) is 6.43. The lowest BCUT2D eigenvalue weighted by atomic mass is 10.1. The van der Waals surface area contributed by atoms with E-state index < -0.39 is 0 Å². The van der Waals surface area contributed by atoms with Crippen molar-refractivity contribution in [2.45, 2.75) is 32.8 Å². The van der Waals surface area contributed by atoms with Crippen molar-refractivity contribution in [2.75, 3.05) is 19.0 Å². The summed E-state index contributed by atoms with van der Waals surface area (Å²) in [6, 6.07) is 12.3. The van der Waals surface area contributed by atoms with E-state index in [-0.39, 0.29) is 17.9 Å². The maximum Gasteiger partial charge on any atom is 0.257 e. The van der Waals surface area contributed by atoms with Gasteiger partial charge in [0.05, 0.1) is 6.61 Å². The number of methoxy groups -OCH3 is 1. The minimum atomic E-state index is -0.317. The van der Waals surface area contributed by atoms with E-state index in [4.69, 9.17) is 18.6 Å². The SMILES string of the molecule is COC[C@H](C)Oc1cc(Oc2ccc(-c3nnc(C(C)C)o3)cc2)cc(C(=O)Nc2nccs2)c1. The number of rotatable bonds is 10. The van der Waals surface area contributed by atoms with Crippen LogP contribution in [-0.2, 0) is 4.74 Å². The van der Waals surface area contributed by atoms with E-state index in [0.717, 1.165) is 5.56 Å². The third-order valence-corrected chi connectivity index (χ3v) is 5.49. The van der Waals surface area contributed by atoms with Gasteiger partial charge in [0.1, 0.15) is 23.4 Å². The molecule has 1 amide bonds. The summed E-state index contributed by atoms with van der Waals surface area (Å²) in [6.45, 7) is 6.27. The first-order chi connectivity index (χ1) is 16.9. The molecule has 35 heavy (non-hydrogen) atoms. The quantitative estimate of drug-likeness (QED) is 0.296. The molecule has 2 aromatic carbocycles. The topological polar surface area (TPSA) is 109 Å². The highest BCUT2D eigenvalue weighted by atomic mass is 32.1. The number of hydrogen-bond acceptors (Lipinski definition) is 9. The van der Waals surface area contributed by atoms with E-state index in [9.17, 15) is 4.79 Å². The molecule has 10 heteroatoms. The van der Waals surface area contributed by atoms with Crippen LogP contribution in [0.3, 0.4) is 0 Å². The lowest BCUT2D eigenvalue weighted by Gasteiger charge is -2.16. The molecule has 0 saturated carbocycles. The smallest absolute Gasteiger partial charge is 0.257 e. The lowest BCUT2D eigenvalue weighted by Crippen LogP contribution is -2.18. The average molecular weight is 495 g/mol. The van der Waals surface area contributed by atoms with Gasteiger partial charge in [-0.05, 0) is 43.3 Å². The van der Waals surface area contributed by atoms with Gasteiger partial charge in [0.2, 0.25) is 11.8 Å². The number of carbonyl (C=O) groups excluding carboxylic acids is 1. The molecule has 9 nitrogen and oxygen atoms in total. The van der Waals surface area contributed by atoms with Crippen LogP contribution in [0.2, 0.25) is 0 Å². The molecule has 0 unspecified atom stereocenters. The molecule has 4 rings (SSSR count). The highest BCUT2D eigenvalue weighted by Gasteiger charge is 2.15. The van der Waals surface area contributed by atoms with Gasteiger partial charge in [0, 0.05) is 41.8 Å². The second-order valence-electron chi connectivity index (χ2n) is 8.09. The van der Waals surface area contributed by atoms with Gasteiger partial charge in [-0.2, -0.15) is 0 Å². The highest BCUT2D eigenvalue weighted by molar-refractivity contribution is 7.13. The summed E-state index contributed by atoms with van der Waals surface area (Å²) in [7, 11) is 1.61. The number of nitrogens with zero attached hydrogens (tertiary/aromatic N) is 3. The van der Waals surface area contributed by atoms with Crippen LogP contribution in [0.4, 0.5) is 5.13 Å². The Morgan fingerprint density at radius 3 is 2.49 bits per heavy atom. The first-order valence-corrected chi connectivity index (χ1v) is 11.9. The number of thiazole rings is 1. The number of ether oxygens (including phenoxy) is 3.